The number of carbonyl (C=O) groups excluding carboxylic acids is 1. The summed E-state index contributed by atoms with van der Waals surface area (Å²) in [5, 5.41) is 2.59. The summed E-state index contributed by atoms with van der Waals surface area (Å²) in [5.41, 5.74) is 0.549. The van der Waals surface area contributed by atoms with Gasteiger partial charge in [0.25, 0.3) is 0 Å². The Bertz CT molecular complexity index is 493. The zero-order valence-corrected chi connectivity index (χ0v) is 12.1. The Morgan fingerprint density at radius 3 is 2.62 bits per heavy atom. The van der Waals surface area contributed by atoms with Crippen molar-refractivity contribution in [3.05, 3.63) is 24.3 Å². The minimum absolute atomic E-state index is 0.122. The monoisotopic (exact) mass is 320 g/mol. The fraction of sp³-hybridized carbons (Fsp3) is 0.462. The number of morpholine rings is 1. The van der Waals surface area contributed by atoms with Crippen molar-refractivity contribution in [2.24, 2.45) is 0 Å². The number of carbonyl (C=O) groups is 1. The van der Waals surface area contributed by atoms with Gasteiger partial charge in [0.2, 0.25) is 0 Å². The molecule has 8 heteroatoms. The predicted molar refractivity (Wildman–Crippen MR) is 74.6 cm³/mol. The molecule has 0 bridgehead atoms. The number of hydrogen-bond acceptors (Lipinski definition) is 3. The molecule has 1 aromatic rings. The molecule has 1 aliphatic heterocycles. The van der Waals surface area contributed by atoms with Gasteiger partial charge >= 0.3 is 12.2 Å². The van der Waals surface area contributed by atoms with E-state index in [-0.39, 0.29) is 13.2 Å². The molecule has 0 saturated carbocycles. The topological polar surface area (TPSA) is 41.6 Å². The maximum Gasteiger partial charge on any atom is 0.416 e. The molecule has 1 fully saturated rings. The predicted octanol–water partition coefficient (Wildman–Crippen LogP) is 3.20. The fourth-order valence-corrected chi connectivity index (χ4v) is 2.32. The van der Waals surface area contributed by atoms with Crippen LogP contribution < -0.4 is 5.32 Å². The summed E-state index contributed by atoms with van der Waals surface area (Å²) >= 11 is 1.56. The molecule has 1 heterocycles. The van der Waals surface area contributed by atoms with Crippen LogP contribution in [0.25, 0.3) is 0 Å². The zero-order valence-electron chi connectivity index (χ0n) is 11.3. The van der Waals surface area contributed by atoms with Crippen molar-refractivity contribution in [2.75, 3.05) is 31.3 Å². The quantitative estimate of drug-likeness (QED) is 0.851. The van der Waals surface area contributed by atoms with Crippen LogP contribution in [-0.4, -0.2) is 49.2 Å². The second-order valence-corrected chi connectivity index (χ2v) is 5.39. The minimum Gasteiger partial charge on any atom is -0.365 e. The van der Waals surface area contributed by atoms with Gasteiger partial charge < -0.3 is 15.0 Å². The SMILES string of the molecule is CSc1ccc(NC(=O)N2CCOC(C(F)(F)F)C2)cc1. The second kappa shape index (κ2) is 6.57. The van der Waals surface area contributed by atoms with E-state index < -0.39 is 24.9 Å². The fourth-order valence-electron chi connectivity index (χ4n) is 1.91. The number of amides is 2. The van der Waals surface area contributed by atoms with Crippen LogP contribution in [0.15, 0.2) is 29.2 Å². The standard InChI is InChI=1S/C13H15F3N2O2S/c1-21-10-4-2-9(3-5-10)17-12(19)18-6-7-20-11(8-18)13(14,15)16/h2-5,11H,6-8H2,1H3,(H,17,19). The van der Waals surface area contributed by atoms with E-state index in [0.717, 1.165) is 9.80 Å². The van der Waals surface area contributed by atoms with Crippen LogP contribution in [0.5, 0.6) is 0 Å². The van der Waals surface area contributed by atoms with Gasteiger partial charge in [-0.05, 0) is 30.5 Å². The highest BCUT2D eigenvalue weighted by molar-refractivity contribution is 7.98. The molecule has 2 amide bonds. The number of alkyl halides is 3. The van der Waals surface area contributed by atoms with Crippen molar-refractivity contribution >= 4 is 23.5 Å². The van der Waals surface area contributed by atoms with Gasteiger partial charge in [-0.2, -0.15) is 13.2 Å². The van der Waals surface area contributed by atoms with E-state index in [2.05, 4.69) is 10.1 Å². The van der Waals surface area contributed by atoms with E-state index in [1.54, 1.807) is 23.9 Å². The summed E-state index contributed by atoms with van der Waals surface area (Å²) in [6, 6.07) is 6.54. The first kappa shape index (κ1) is 16.0. The first-order chi connectivity index (χ1) is 9.90. The number of anilines is 1. The number of nitrogens with one attached hydrogen (secondary N) is 1. The lowest BCUT2D eigenvalue weighted by Gasteiger charge is -2.33. The third-order valence-electron chi connectivity index (χ3n) is 3.06. The van der Waals surface area contributed by atoms with Gasteiger partial charge in [-0.15, -0.1) is 11.8 Å². The maximum absolute atomic E-state index is 12.6. The van der Waals surface area contributed by atoms with Gasteiger partial charge in [0.15, 0.2) is 6.10 Å². The zero-order chi connectivity index (χ0) is 15.5. The van der Waals surface area contributed by atoms with E-state index in [0.29, 0.717) is 5.69 Å². The number of urea groups is 1. The number of halogens is 3. The van der Waals surface area contributed by atoms with E-state index >= 15 is 0 Å². The van der Waals surface area contributed by atoms with E-state index in [9.17, 15) is 18.0 Å². The molecular formula is C13H15F3N2O2S. The summed E-state index contributed by atoms with van der Waals surface area (Å²) in [4.78, 5) is 14.1. The Kier molecular flexibility index (Phi) is 5.00. The first-order valence-corrected chi connectivity index (χ1v) is 7.51. The smallest absolute Gasteiger partial charge is 0.365 e. The molecule has 1 aromatic carbocycles. The lowest BCUT2D eigenvalue weighted by Crippen LogP contribution is -2.52. The number of hydrogen-bond donors (Lipinski definition) is 1. The number of nitrogens with zero attached hydrogens (tertiary/aromatic N) is 1. The van der Waals surface area contributed by atoms with Crippen molar-refractivity contribution in [3.63, 3.8) is 0 Å². The molecule has 2 rings (SSSR count). The van der Waals surface area contributed by atoms with Gasteiger partial charge in [-0.1, -0.05) is 0 Å². The van der Waals surface area contributed by atoms with Crippen molar-refractivity contribution in [1.82, 2.24) is 4.90 Å². The van der Waals surface area contributed by atoms with Gasteiger partial charge in [0.1, 0.15) is 0 Å². The molecule has 1 saturated heterocycles. The molecule has 21 heavy (non-hydrogen) atoms. The number of rotatable bonds is 2. The minimum atomic E-state index is -4.46. The third kappa shape index (κ3) is 4.28. The summed E-state index contributed by atoms with van der Waals surface area (Å²) in [6.07, 6.45) is -4.45. The third-order valence-corrected chi connectivity index (χ3v) is 3.80. The van der Waals surface area contributed by atoms with Crippen LogP contribution in [0.3, 0.4) is 0 Å². The van der Waals surface area contributed by atoms with Crippen LogP contribution in [0.1, 0.15) is 0 Å². The van der Waals surface area contributed by atoms with Crippen LogP contribution in [0.2, 0.25) is 0 Å². The highest BCUT2D eigenvalue weighted by Crippen LogP contribution is 2.26. The van der Waals surface area contributed by atoms with Crippen molar-refractivity contribution < 1.29 is 22.7 Å². The van der Waals surface area contributed by atoms with E-state index in [1.165, 1.54) is 0 Å². The summed E-state index contributed by atoms with van der Waals surface area (Å²) in [5.74, 6) is 0. The molecular weight excluding hydrogens is 305 g/mol. The molecule has 0 radical (unpaired) electrons. The van der Waals surface area contributed by atoms with Crippen LogP contribution >= 0.6 is 11.8 Å². The highest BCUT2D eigenvalue weighted by atomic mass is 32.2. The molecule has 0 aromatic heterocycles. The Morgan fingerprint density at radius 2 is 2.05 bits per heavy atom. The Balaban J connectivity index is 1.96. The summed E-state index contributed by atoms with van der Waals surface area (Å²) < 4.78 is 42.5. The molecule has 1 atom stereocenters. The molecule has 1 unspecified atom stereocenters. The van der Waals surface area contributed by atoms with E-state index in [1.807, 2.05) is 18.4 Å². The molecule has 1 aliphatic rings. The normalized spacial score (nSPS) is 19.4. The van der Waals surface area contributed by atoms with Gasteiger partial charge in [-0.3, -0.25) is 0 Å². The first-order valence-electron chi connectivity index (χ1n) is 6.28. The lowest BCUT2D eigenvalue weighted by molar-refractivity contribution is -0.233. The Labute approximate surface area is 124 Å². The molecule has 0 aliphatic carbocycles. The van der Waals surface area contributed by atoms with Crippen LogP contribution in [-0.2, 0) is 4.74 Å². The largest absolute Gasteiger partial charge is 0.416 e. The maximum atomic E-state index is 12.6. The summed E-state index contributed by atoms with van der Waals surface area (Å²) in [6.45, 7) is -0.470. The van der Waals surface area contributed by atoms with Crippen molar-refractivity contribution in [2.45, 2.75) is 17.2 Å². The average Bonchev–Trinajstić information content (AvgIpc) is 2.47. The lowest BCUT2D eigenvalue weighted by atomic mass is 10.2. The summed E-state index contributed by atoms with van der Waals surface area (Å²) in [7, 11) is 0. The van der Waals surface area contributed by atoms with Gasteiger partial charge in [0, 0.05) is 17.1 Å². The van der Waals surface area contributed by atoms with Crippen LogP contribution in [0, 0.1) is 0 Å². The van der Waals surface area contributed by atoms with Crippen LogP contribution in [0.4, 0.5) is 23.7 Å². The van der Waals surface area contributed by atoms with Gasteiger partial charge in [0.05, 0.1) is 13.2 Å². The van der Waals surface area contributed by atoms with E-state index in [4.69, 9.17) is 0 Å². The average molecular weight is 320 g/mol. The van der Waals surface area contributed by atoms with Crippen molar-refractivity contribution in [1.29, 1.82) is 0 Å². The molecule has 0 spiro atoms. The second-order valence-electron chi connectivity index (χ2n) is 4.51. The number of benzene rings is 1. The van der Waals surface area contributed by atoms with Crippen molar-refractivity contribution in [3.8, 4) is 0 Å². The molecule has 4 nitrogen and oxygen atoms in total. The van der Waals surface area contributed by atoms with Gasteiger partial charge in [-0.25, -0.2) is 4.79 Å². The number of ether oxygens (including phenoxy) is 1. The molecule has 1 N–H and O–H groups in total. The number of thioether (sulfide) groups is 1. The molecule has 116 valence electrons. The highest BCUT2D eigenvalue weighted by Gasteiger charge is 2.44. The Morgan fingerprint density at radius 1 is 1.38 bits per heavy atom. The Hall–Kier alpha value is -1.41.